The average molecular weight is 340 g/mol. The molecule has 0 aliphatic rings. The second-order valence-electron chi connectivity index (χ2n) is 5.05. The van der Waals surface area contributed by atoms with Gasteiger partial charge in [-0.1, -0.05) is 36.4 Å². The summed E-state index contributed by atoms with van der Waals surface area (Å²) in [6.07, 6.45) is 0. The van der Waals surface area contributed by atoms with Crippen LogP contribution in [0.3, 0.4) is 0 Å². The zero-order valence-electron chi connectivity index (χ0n) is 12.5. The molecule has 3 aromatic rings. The second kappa shape index (κ2) is 6.64. The van der Waals surface area contributed by atoms with Crippen LogP contribution in [0.15, 0.2) is 60.7 Å². The number of amides is 2. The first kappa shape index (κ1) is 15.9. The minimum Gasteiger partial charge on any atom is -0.366 e. The molecule has 0 saturated heterocycles. The molecule has 2 amide bonds. The highest BCUT2D eigenvalue weighted by Crippen LogP contribution is 2.35. The standard InChI is InChI=1S/C18H13FN2O2S/c19-13-8-4-7-12(9-13)17(23)21-18-14(16(20)22)10-15(24-18)11-5-2-1-3-6-11/h1-10H,(H2,20,22)(H,21,23). The lowest BCUT2D eigenvalue weighted by Gasteiger charge is -2.04. The second-order valence-corrected chi connectivity index (χ2v) is 6.10. The number of hydrogen-bond acceptors (Lipinski definition) is 3. The first-order chi connectivity index (χ1) is 11.5. The maximum absolute atomic E-state index is 13.2. The summed E-state index contributed by atoms with van der Waals surface area (Å²) in [5, 5.41) is 2.98. The van der Waals surface area contributed by atoms with E-state index in [4.69, 9.17) is 5.73 Å². The van der Waals surface area contributed by atoms with E-state index < -0.39 is 17.6 Å². The van der Waals surface area contributed by atoms with Crippen molar-refractivity contribution in [2.45, 2.75) is 0 Å². The summed E-state index contributed by atoms with van der Waals surface area (Å²) in [4.78, 5) is 24.7. The van der Waals surface area contributed by atoms with E-state index in [9.17, 15) is 14.0 Å². The summed E-state index contributed by atoms with van der Waals surface area (Å²) in [6.45, 7) is 0. The van der Waals surface area contributed by atoms with Crippen LogP contribution in [0.1, 0.15) is 20.7 Å². The normalized spacial score (nSPS) is 10.4. The maximum atomic E-state index is 13.2. The van der Waals surface area contributed by atoms with Crippen molar-refractivity contribution >= 4 is 28.2 Å². The Labute approximate surface area is 141 Å². The topological polar surface area (TPSA) is 72.2 Å². The Morgan fingerprint density at radius 3 is 2.42 bits per heavy atom. The summed E-state index contributed by atoms with van der Waals surface area (Å²) in [5.41, 5.74) is 6.71. The van der Waals surface area contributed by atoms with Crippen LogP contribution in [0, 0.1) is 5.82 Å². The molecular weight excluding hydrogens is 327 g/mol. The van der Waals surface area contributed by atoms with Gasteiger partial charge in [-0.3, -0.25) is 9.59 Å². The highest BCUT2D eigenvalue weighted by atomic mass is 32.1. The number of carbonyl (C=O) groups is 2. The van der Waals surface area contributed by atoms with Gasteiger partial charge in [0.25, 0.3) is 11.8 Å². The fraction of sp³-hybridized carbons (Fsp3) is 0. The minimum absolute atomic E-state index is 0.167. The van der Waals surface area contributed by atoms with Gasteiger partial charge in [-0.15, -0.1) is 11.3 Å². The van der Waals surface area contributed by atoms with E-state index in [1.165, 1.54) is 29.5 Å². The van der Waals surface area contributed by atoms with Crippen LogP contribution < -0.4 is 11.1 Å². The van der Waals surface area contributed by atoms with Gasteiger partial charge in [0, 0.05) is 10.4 Å². The van der Waals surface area contributed by atoms with Crippen molar-refractivity contribution in [2.24, 2.45) is 5.73 Å². The highest BCUT2D eigenvalue weighted by molar-refractivity contribution is 7.20. The summed E-state index contributed by atoms with van der Waals surface area (Å²) >= 11 is 1.24. The summed E-state index contributed by atoms with van der Waals surface area (Å²) in [6, 6.07) is 16.4. The van der Waals surface area contributed by atoms with Gasteiger partial charge < -0.3 is 11.1 Å². The molecule has 24 heavy (non-hydrogen) atoms. The number of hydrogen-bond donors (Lipinski definition) is 2. The molecular formula is C18H13FN2O2S. The molecule has 0 spiro atoms. The van der Waals surface area contributed by atoms with Crippen molar-refractivity contribution in [1.29, 1.82) is 0 Å². The molecule has 0 fully saturated rings. The number of primary amides is 1. The van der Waals surface area contributed by atoms with Crippen LogP contribution in [-0.4, -0.2) is 11.8 Å². The number of rotatable bonds is 4. The number of carbonyl (C=O) groups excluding carboxylic acids is 2. The fourth-order valence-corrected chi connectivity index (χ4v) is 3.28. The van der Waals surface area contributed by atoms with Gasteiger partial charge in [0.05, 0.1) is 5.56 Å². The predicted molar refractivity (Wildman–Crippen MR) is 92.6 cm³/mol. The van der Waals surface area contributed by atoms with Gasteiger partial charge in [-0.05, 0) is 29.8 Å². The van der Waals surface area contributed by atoms with Crippen molar-refractivity contribution in [2.75, 3.05) is 5.32 Å². The summed E-state index contributed by atoms with van der Waals surface area (Å²) in [5.74, 6) is -1.64. The van der Waals surface area contributed by atoms with Crippen LogP contribution in [0.5, 0.6) is 0 Å². The molecule has 0 aliphatic carbocycles. The molecule has 3 N–H and O–H groups in total. The van der Waals surface area contributed by atoms with Crippen molar-refractivity contribution in [3.8, 4) is 10.4 Å². The van der Waals surface area contributed by atoms with Gasteiger partial charge in [-0.2, -0.15) is 0 Å². The number of nitrogens with two attached hydrogens (primary N) is 1. The minimum atomic E-state index is -0.636. The predicted octanol–water partition coefficient (Wildman–Crippen LogP) is 3.91. The van der Waals surface area contributed by atoms with Crippen molar-refractivity contribution in [3.05, 3.63) is 77.6 Å². The van der Waals surface area contributed by atoms with Crippen LogP contribution in [0.2, 0.25) is 0 Å². The van der Waals surface area contributed by atoms with Gasteiger partial charge in [0.1, 0.15) is 10.8 Å². The molecule has 0 bridgehead atoms. The Morgan fingerprint density at radius 2 is 1.75 bits per heavy atom. The number of halogens is 1. The number of nitrogens with one attached hydrogen (secondary N) is 1. The van der Waals surface area contributed by atoms with Gasteiger partial charge in [0.2, 0.25) is 0 Å². The Hall–Kier alpha value is -2.99. The third-order valence-corrected chi connectivity index (χ3v) is 4.47. The molecule has 1 aromatic heterocycles. The van der Waals surface area contributed by atoms with Gasteiger partial charge in [-0.25, -0.2) is 4.39 Å². The molecule has 4 nitrogen and oxygen atoms in total. The van der Waals surface area contributed by atoms with E-state index in [0.29, 0.717) is 5.00 Å². The molecule has 0 radical (unpaired) electrons. The lowest BCUT2D eigenvalue weighted by atomic mass is 10.1. The molecule has 1 heterocycles. The smallest absolute Gasteiger partial charge is 0.256 e. The molecule has 0 aliphatic heterocycles. The number of benzene rings is 2. The van der Waals surface area contributed by atoms with E-state index >= 15 is 0 Å². The fourth-order valence-electron chi connectivity index (χ4n) is 2.22. The Balaban J connectivity index is 1.94. The van der Waals surface area contributed by atoms with Crippen LogP contribution in [-0.2, 0) is 0 Å². The van der Waals surface area contributed by atoms with E-state index in [1.807, 2.05) is 30.3 Å². The largest absolute Gasteiger partial charge is 0.366 e. The summed E-state index contributed by atoms with van der Waals surface area (Å²) in [7, 11) is 0. The van der Waals surface area contributed by atoms with Gasteiger partial charge in [0.15, 0.2) is 0 Å². The number of thiophene rings is 1. The highest BCUT2D eigenvalue weighted by Gasteiger charge is 2.17. The maximum Gasteiger partial charge on any atom is 0.256 e. The van der Waals surface area contributed by atoms with Crippen LogP contribution in [0.4, 0.5) is 9.39 Å². The van der Waals surface area contributed by atoms with Crippen molar-refractivity contribution in [3.63, 3.8) is 0 Å². The first-order valence-electron chi connectivity index (χ1n) is 7.10. The van der Waals surface area contributed by atoms with Crippen molar-refractivity contribution in [1.82, 2.24) is 0 Å². The first-order valence-corrected chi connectivity index (χ1v) is 7.92. The van der Waals surface area contributed by atoms with E-state index in [2.05, 4.69) is 5.32 Å². The summed E-state index contributed by atoms with van der Waals surface area (Å²) < 4.78 is 13.2. The van der Waals surface area contributed by atoms with E-state index in [1.54, 1.807) is 6.07 Å². The Bertz CT molecular complexity index is 906. The Morgan fingerprint density at radius 1 is 1.00 bits per heavy atom. The molecule has 6 heteroatoms. The molecule has 0 unspecified atom stereocenters. The van der Waals surface area contributed by atoms with Crippen molar-refractivity contribution < 1.29 is 14.0 Å². The lowest BCUT2D eigenvalue weighted by Crippen LogP contribution is -2.16. The third-order valence-electron chi connectivity index (χ3n) is 3.37. The van der Waals surface area contributed by atoms with Crippen LogP contribution in [0.25, 0.3) is 10.4 Å². The zero-order chi connectivity index (χ0) is 17.1. The quantitative estimate of drug-likeness (QED) is 0.756. The lowest BCUT2D eigenvalue weighted by molar-refractivity contribution is 0.100. The van der Waals surface area contributed by atoms with E-state index in [-0.39, 0.29) is 11.1 Å². The van der Waals surface area contributed by atoms with Crippen LogP contribution >= 0.6 is 11.3 Å². The van der Waals surface area contributed by atoms with E-state index in [0.717, 1.165) is 16.5 Å². The molecule has 3 rings (SSSR count). The average Bonchev–Trinajstić information content (AvgIpc) is 3.00. The zero-order valence-corrected chi connectivity index (χ0v) is 13.3. The van der Waals surface area contributed by atoms with Gasteiger partial charge >= 0.3 is 0 Å². The SMILES string of the molecule is NC(=O)c1cc(-c2ccccc2)sc1NC(=O)c1cccc(F)c1. The monoisotopic (exact) mass is 340 g/mol. The third kappa shape index (κ3) is 3.33. The molecule has 120 valence electrons. The molecule has 0 saturated carbocycles. The number of anilines is 1. The Kier molecular flexibility index (Phi) is 4.39. The molecule has 0 atom stereocenters. The molecule has 2 aromatic carbocycles.